The topological polar surface area (TPSA) is 60.4 Å². The van der Waals surface area contributed by atoms with Crippen molar-refractivity contribution in [3.8, 4) is 0 Å². The van der Waals surface area contributed by atoms with E-state index in [0.29, 0.717) is 6.29 Å². The molecule has 0 aliphatic rings. The van der Waals surface area contributed by atoms with Crippen molar-refractivity contribution in [3.05, 3.63) is 42.0 Å². The van der Waals surface area contributed by atoms with Gasteiger partial charge in [-0.25, -0.2) is 0 Å². The van der Waals surface area contributed by atoms with Crippen LogP contribution in [0.5, 0.6) is 0 Å². The number of esters is 1. The predicted octanol–water partition coefficient (Wildman–Crippen LogP) is 2.04. The highest BCUT2D eigenvalue weighted by atomic mass is 16.5. The third-order valence-electron chi connectivity index (χ3n) is 2.50. The van der Waals surface area contributed by atoms with E-state index in [1.807, 2.05) is 30.3 Å². The fourth-order valence-electron chi connectivity index (χ4n) is 1.47. The molecule has 0 bridgehead atoms. The summed E-state index contributed by atoms with van der Waals surface area (Å²) < 4.78 is 4.71. The second-order valence-corrected chi connectivity index (χ2v) is 4.02. The zero-order chi connectivity index (χ0) is 14.1. The van der Waals surface area contributed by atoms with Crippen LogP contribution in [0.4, 0.5) is 0 Å². The smallest absolute Gasteiger partial charge is 0.302 e. The average molecular weight is 260 g/mol. The second-order valence-electron chi connectivity index (χ2n) is 4.02. The zero-order valence-electron chi connectivity index (χ0n) is 10.7. The Morgan fingerprint density at radius 3 is 2.53 bits per heavy atom. The van der Waals surface area contributed by atoms with Crippen LogP contribution in [0.3, 0.4) is 0 Å². The normalized spacial score (nSPS) is 12.1. The first-order chi connectivity index (χ1) is 9.13. The van der Waals surface area contributed by atoms with Gasteiger partial charge in [0.2, 0.25) is 0 Å². The number of ketones is 1. The van der Waals surface area contributed by atoms with E-state index in [9.17, 15) is 14.4 Å². The fraction of sp³-hybridized carbons (Fsp3) is 0.267. The molecule has 0 heterocycles. The lowest BCUT2D eigenvalue weighted by atomic mass is 10.0. The standard InChI is InChI=1S/C15H16O4/c1-12(17)19-10-9-14(11-16)15(18)8-7-13-5-3-2-4-6-13/h2-8,11,14H,9-10H2,1H3. The SMILES string of the molecule is CC(=O)OCCC(C=O)C(=O)C=Cc1ccccc1. The lowest BCUT2D eigenvalue weighted by molar-refractivity contribution is -0.142. The zero-order valence-corrected chi connectivity index (χ0v) is 10.7. The molecule has 0 aliphatic heterocycles. The Morgan fingerprint density at radius 2 is 1.95 bits per heavy atom. The van der Waals surface area contributed by atoms with Gasteiger partial charge in [0.15, 0.2) is 5.78 Å². The van der Waals surface area contributed by atoms with Crippen molar-refractivity contribution in [1.82, 2.24) is 0 Å². The highest BCUT2D eigenvalue weighted by Gasteiger charge is 2.15. The molecule has 0 amide bonds. The summed E-state index contributed by atoms with van der Waals surface area (Å²) in [6.45, 7) is 1.36. The van der Waals surface area contributed by atoms with E-state index in [2.05, 4.69) is 0 Å². The van der Waals surface area contributed by atoms with E-state index in [-0.39, 0.29) is 18.8 Å². The predicted molar refractivity (Wildman–Crippen MR) is 71.3 cm³/mol. The van der Waals surface area contributed by atoms with Crippen molar-refractivity contribution in [2.45, 2.75) is 13.3 Å². The van der Waals surface area contributed by atoms with Crippen LogP contribution in [0.25, 0.3) is 6.08 Å². The summed E-state index contributed by atoms with van der Waals surface area (Å²) in [4.78, 5) is 33.2. The first kappa shape index (κ1) is 14.8. The number of hydrogen-bond acceptors (Lipinski definition) is 4. The number of carbonyl (C=O) groups is 3. The maximum Gasteiger partial charge on any atom is 0.302 e. The van der Waals surface area contributed by atoms with Gasteiger partial charge >= 0.3 is 5.97 Å². The molecule has 0 aliphatic carbocycles. The van der Waals surface area contributed by atoms with Gasteiger partial charge in [0.25, 0.3) is 0 Å². The van der Waals surface area contributed by atoms with Crippen molar-refractivity contribution in [3.63, 3.8) is 0 Å². The first-order valence-corrected chi connectivity index (χ1v) is 5.99. The van der Waals surface area contributed by atoms with Gasteiger partial charge in [-0.05, 0) is 18.1 Å². The molecule has 4 heteroatoms. The van der Waals surface area contributed by atoms with Gasteiger partial charge < -0.3 is 9.53 Å². The quantitative estimate of drug-likeness (QED) is 0.326. The Hall–Kier alpha value is -2.23. The maximum atomic E-state index is 11.8. The van der Waals surface area contributed by atoms with Crippen LogP contribution in [0.15, 0.2) is 36.4 Å². The highest BCUT2D eigenvalue weighted by Crippen LogP contribution is 2.06. The van der Waals surface area contributed by atoms with Crippen LogP contribution < -0.4 is 0 Å². The van der Waals surface area contributed by atoms with Crippen molar-refractivity contribution in [2.75, 3.05) is 6.61 Å². The van der Waals surface area contributed by atoms with E-state index in [1.165, 1.54) is 13.0 Å². The van der Waals surface area contributed by atoms with Gasteiger partial charge in [-0.3, -0.25) is 9.59 Å². The molecule has 0 saturated heterocycles. The Morgan fingerprint density at radius 1 is 1.26 bits per heavy atom. The van der Waals surface area contributed by atoms with Gasteiger partial charge in [0.05, 0.1) is 12.5 Å². The molecule has 0 aromatic heterocycles. The van der Waals surface area contributed by atoms with Crippen LogP contribution in [0.2, 0.25) is 0 Å². The number of rotatable bonds is 7. The third-order valence-corrected chi connectivity index (χ3v) is 2.50. The first-order valence-electron chi connectivity index (χ1n) is 5.99. The molecule has 0 saturated carbocycles. The molecule has 100 valence electrons. The second kappa shape index (κ2) is 7.97. The molecule has 0 N–H and O–H groups in total. The van der Waals surface area contributed by atoms with E-state index in [0.717, 1.165) is 5.56 Å². The monoisotopic (exact) mass is 260 g/mol. The summed E-state index contributed by atoms with van der Waals surface area (Å²) in [5, 5.41) is 0. The van der Waals surface area contributed by atoms with E-state index >= 15 is 0 Å². The van der Waals surface area contributed by atoms with Crippen molar-refractivity contribution < 1.29 is 19.1 Å². The van der Waals surface area contributed by atoms with Crippen molar-refractivity contribution in [1.29, 1.82) is 0 Å². The number of carbonyl (C=O) groups excluding carboxylic acids is 3. The Labute approximate surface area is 112 Å². The van der Waals surface area contributed by atoms with Gasteiger partial charge in [-0.1, -0.05) is 36.4 Å². The molecule has 1 aromatic carbocycles. The van der Waals surface area contributed by atoms with Crippen LogP contribution >= 0.6 is 0 Å². The molecular weight excluding hydrogens is 244 g/mol. The number of aldehydes is 1. The summed E-state index contributed by atoms with van der Waals surface area (Å²) in [6, 6.07) is 9.33. The third kappa shape index (κ3) is 5.77. The molecule has 19 heavy (non-hydrogen) atoms. The van der Waals surface area contributed by atoms with Gasteiger partial charge in [0, 0.05) is 6.92 Å². The Kier molecular flexibility index (Phi) is 6.22. The minimum atomic E-state index is -0.765. The molecule has 4 nitrogen and oxygen atoms in total. The van der Waals surface area contributed by atoms with Gasteiger partial charge in [-0.15, -0.1) is 0 Å². The van der Waals surface area contributed by atoms with Gasteiger partial charge in [0.1, 0.15) is 6.29 Å². The number of benzene rings is 1. The summed E-state index contributed by atoms with van der Waals surface area (Å²) in [6.07, 6.45) is 3.83. The number of allylic oxidation sites excluding steroid dienone is 1. The summed E-state index contributed by atoms with van der Waals surface area (Å²) >= 11 is 0. The Bertz CT molecular complexity index is 462. The van der Waals surface area contributed by atoms with Gasteiger partial charge in [-0.2, -0.15) is 0 Å². The van der Waals surface area contributed by atoms with Crippen molar-refractivity contribution in [2.24, 2.45) is 5.92 Å². The minimum absolute atomic E-state index is 0.0731. The largest absolute Gasteiger partial charge is 0.466 e. The van der Waals surface area contributed by atoms with E-state index in [4.69, 9.17) is 4.74 Å². The number of hydrogen-bond donors (Lipinski definition) is 0. The molecule has 0 radical (unpaired) electrons. The van der Waals surface area contributed by atoms with E-state index < -0.39 is 11.9 Å². The van der Waals surface area contributed by atoms with E-state index in [1.54, 1.807) is 6.08 Å². The minimum Gasteiger partial charge on any atom is -0.466 e. The summed E-state index contributed by atoms with van der Waals surface area (Å²) in [7, 11) is 0. The molecule has 1 rings (SSSR count). The molecule has 1 aromatic rings. The molecule has 1 atom stereocenters. The lowest BCUT2D eigenvalue weighted by Gasteiger charge is -2.06. The maximum absolute atomic E-state index is 11.8. The van der Waals surface area contributed by atoms with Crippen LogP contribution in [0.1, 0.15) is 18.9 Å². The van der Waals surface area contributed by atoms with Crippen molar-refractivity contribution >= 4 is 24.1 Å². The van der Waals surface area contributed by atoms with Crippen LogP contribution in [-0.4, -0.2) is 24.6 Å². The molecular formula is C15H16O4. The summed E-state index contributed by atoms with van der Waals surface area (Å²) in [5.74, 6) is -1.47. The van der Waals surface area contributed by atoms with Crippen LogP contribution in [-0.2, 0) is 19.1 Å². The molecule has 0 spiro atoms. The average Bonchev–Trinajstić information content (AvgIpc) is 2.42. The molecule has 1 unspecified atom stereocenters. The van der Waals surface area contributed by atoms with Crippen LogP contribution in [0, 0.1) is 5.92 Å². The fourth-order valence-corrected chi connectivity index (χ4v) is 1.47. The molecule has 0 fully saturated rings. The lowest BCUT2D eigenvalue weighted by Crippen LogP contribution is -2.16. The Balaban J connectivity index is 2.52. The summed E-state index contributed by atoms with van der Waals surface area (Å²) in [5.41, 5.74) is 0.889. The highest BCUT2D eigenvalue weighted by molar-refractivity contribution is 6.03. The number of ether oxygens (including phenoxy) is 1.